The molecule has 6 aromatic carbocycles. The molecule has 0 aliphatic heterocycles. The van der Waals surface area contributed by atoms with Crippen LogP contribution < -0.4 is 0 Å². The first-order valence-electron chi connectivity index (χ1n) is 17.0. The van der Waals surface area contributed by atoms with Crippen molar-refractivity contribution in [1.82, 2.24) is 4.98 Å². The lowest BCUT2D eigenvalue weighted by atomic mass is 9.84. The molecule has 2 aliphatic carbocycles. The van der Waals surface area contributed by atoms with Crippen molar-refractivity contribution in [3.05, 3.63) is 131 Å². The number of benzene rings is 6. The van der Waals surface area contributed by atoms with Crippen molar-refractivity contribution >= 4 is 53.3 Å². The molecular formula is C44H35NS. The molecule has 1 N–H and O–H groups in total. The third-order valence-electron chi connectivity index (χ3n) is 10.8. The number of fused-ring (bicyclic) bond motifs is 8. The topological polar surface area (TPSA) is 15.8 Å². The van der Waals surface area contributed by atoms with Crippen molar-refractivity contribution in [2.24, 2.45) is 0 Å². The highest BCUT2D eigenvalue weighted by Gasteiger charge is 2.20. The van der Waals surface area contributed by atoms with E-state index in [2.05, 4.69) is 114 Å². The molecule has 1 nitrogen and oxygen atoms in total. The molecule has 0 spiro atoms. The molecular weight excluding hydrogens is 575 g/mol. The Morgan fingerprint density at radius 2 is 1.07 bits per heavy atom. The number of hydrogen-bond donors (Lipinski definition) is 1. The number of nitrogens with one attached hydrogen (secondary N) is 1. The second-order valence-corrected chi connectivity index (χ2v) is 14.5. The molecule has 2 aliphatic rings. The largest absolute Gasteiger partial charge is 0.355 e. The van der Waals surface area contributed by atoms with Gasteiger partial charge in [0, 0.05) is 47.5 Å². The van der Waals surface area contributed by atoms with Crippen LogP contribution in [0.3, 0.4) is 0 Å². The molecule has 0 atom stereocenters. The normalized spacial score (nSPS) is 14.7. The summed E-state index contributed by atoms with van der Waals surface area (Å²) in [6.45, 7) is 0. The van der Waals surface area contributed by atoms with Gasteiger partial charge in [0.05, 0.1) is 0 Å². The van der Waals surface area contributed by atoms with E-state index in [0.29, 0.717) is 0 Å². The minimum Gasteiger partial charge on any atom is -0.355 e. The zero-order valence-electron chi connectivity index (χ0n) is 26.0. The van der Waals surface area contributed by atoms with Crippen LogP contribution in [0.1, 0.15) is 47.9 Å². The van der Waals surface area contributed by atoms with E-state index in [1.54, 1.807) is 16.7 Å². The summed E-state index contributed by atoms with van der Waals surface area (Å²) in [5, 5.41) is 5.34. The van der Waals surface area contributed by atoms with Gasteiger partial charge < -0.3 is 4.98 Å². The Hall–Kier alpha value is -4.66. The lowest BCUT2D eigenvalue weighted by Gasteiger charge is -2.20. The molecule has 0 bridgehead atoms. The Labute approximate surface area is 273 Å². The number of hydrogen-bond acceptors (Lipinski definition) is 1. The predicted molar refractivity (Wildman–Crippen MR) is 198 cm³/mol. The van der Waals surface area contributed by atoms with Gasteiger partial charge in [-0.05, 0) is 144 Å². The molecule has 10 rings (SSSR count). The zero-order chi connectivity index (χ0) is 30.2. The van der Waals surface area contributed by atoms with E-state index in [1.807, 2.05) is 11.3 Å². The van der Waals surface area contributed by atoms with Gasteiger partial charge in [0.2, 0.25) is 0 Å². The van der Waals surface area contributed by atoms with Crippen LogP contribution in [-0.2, 0) is 25.7 Å². The monoisotopic (exact) mass is 609 g/mol. The van der Waals surface area contributed by atoms with Crippen molar-refractivity contribution < 1.29 is 0 Å². The van der Waals surface area contributed by atoms with Gasteiger partial charge in [0.25, 0.3) is 0 Å². The second kappa shape index (κ2) is 10.4. The Bertz CT molecular complexity index is 2490. The summed E-state index contributed by atoms with van der Waals surface area (Å²) in [4.78, 5) is 3.63. The SMILES string of the molecule is c1cc2c(c(-c3ccc4sc5c(-c6ccc7[nH]c8ccccc8c7c6)cc(-c6cccc7c6CCCC7)cc5c4c3)c1)CCCC2. The molecule has 0 unspecified atom stereocenters. The Morgan fingerprint density at radius 1 is 0.435 bits per heavy atom. The van der Waals surface area contributed by atoms with Gasteiger partial charge in [0.1, 0.15) is 0 Å². The van der Waals surface area contributed by atoms with E-state index >= 15 is 0 Å². The van der Waals surface area contributed by atoms with Crippen LogP contribution in [0.5, 0.6) is 0 Å². The molecule has 0 amide bonds. The standard InChI is InChI=1S/C44H35NS/c1-3-13-32-27(9-1)11-7-16-34(32)29-20-22-43-39(24-29)40-26-31(35-17-8-12-28-10-2-4-14-33(28)35)25-37(44(40)46-43)30-19-21-42-38(23-30)36-15-5-6-18-41(36)45-42/h5-8,11-12,15-26,45H,1-4,9-10,13-14H2. The van der Waals surface area contributed by atoms with Crippen molar-refractivity contribution in [3.63, 3.8) is 0 Å². The van der Waals surface area contributed by atoms with Crippen molar-refractivity contribution in [2.45, 2.75) is 51.4 Å². The Morgan fingerprint density at radius 3 is 1.87 bits per heavy atom. The fraction of sp³-hybridized carbons (Fsp3) is 0.182. The highest BCUT2D eigenvalue weighted by molar-refractivity contribution is 7.26. The molecule has 0 saturated carbocycles. The highest BCUT2D eigenvalue weighted by atomic mass is 32.1. The van der Waals surface area contributed by atoms with Crippen LogP contribution in [0.2, 0.25) is 0 Å². The van der Waals surface area contributed by atoms with Crippen LogP contribution in [-0.4, -0.2) is 4.98 Å². The summed E-state index contributed by atoms with van der Waals surface area (Å²) in [5.41, 5.74) is 16.8. The van der Waals surface area contributed by atoms with E-state index < -0.39 is 0 Å². The summed E-state index contributed by atoms with van der Waals surface area (Å²) < 4.78 is 2.75. The lowest BCUT2D eigenvalue weighted by Crippen LogP contribution is -2.04. The first-order valence-corrected chi connectivity index (χ1v) is 17.8. The minimum atomic E-state index is 1.17. The summed E-state index contributed by atoms with van der Waals surface area (Å²) in [6.07, 6.45) is 9.95. The van der Waals surface area contributed by atoms with Crippen LogP contribution >= 0.6 is 11.3 Å². The summed E-state index contributed by atoms with van der Waals surface area (Å²) in [6, 6.07) is 41.9. The van der Waals surface area contributed by atoms with E-state index in [4.69, 9.17) is 0 Å². The molecule has 46 heavy (non-hydrogen) atoms. The number of aromatic nitrogens is 1. The Balaban J connectivity index is 1.24. The fourth-order valence-corrected chi connectivity index (χ4v) is 9.74. The van der Waals surface area contributed by atoms with Crippen molar-refractivity contribution in [2.75, 3.05) is 0 Å². The predicted octanol–water partition coefficient (Wildman–Crippen LogP) is 12.4. The number of rotatable bonds is 3. The first kappa shape index (κ1) is 26.5. The molecule has 222 valence electrons. The third-order valence-corrected chi connectivity index (χ3v) is 12.0. The van der Waals surface area contributed by atoms with Gasteiger partial charge in [-0.25, -0.2) is 0 Å². The van der Waals surface area contributed by atoms with Gasteiger partial charge in [-0.2, -0.15) is 0 Å². The first-order chi connectivity index (χ1) is 22.8. The fourth-order valence-electron chi connectivity index (χ4n) is 8.54. The molecule has 2 heterocycles. The maximum absolute atomic E-state index is 3.63. The number of para-hydroxylation sites is 1. The number of H-pyrrole nitrogens is 1. The minimum absolute atomic E-state index is 1.17. The molecule has 0 fully saturated rings. The van der Waals surface area contributed by atoms with Gasteiger partial charge in [-0.3, -0.25) is 0 Å². The van der Waals surface area contributed by atoms with Gasteiger partial charge in [0.15, 0.2) is 0 Å². The highest BCUT2D eigenvalue weighted by Crippen LogP contribution is 2.46. The average Bonchev–Trinajstić information content (AvgIpc) is 3.68. The van der Waals surface area contributed by atoms with Crippen LogP contribution in [0, 0.1) is 0 Å². The van der Waals surface area contributed by atoms with E-state index in [0.717, 1.165) is 0 Å². The van der Waals surface area contributed by atoms with E-state index in [-0.39, 0.29) is 0 Å². The van der Waals surface area contributed by atoms with Gasteiger partial charge in [-0.15, -0.1) is 11.3 Å². The second-order valence-electron chi connectivity index (χ2n) is 13.4. The number of aromatic amines is 1. The molecule has 8 aromatic rings. The summed E-state index contributed by atoms with van der Waals surface area (Å²) in [7, 11) is 0. The van der Waals surface area contributed by atoms with E-state index in [1.165, 1.54) is 132 Å². The lowest BCUT2D eigenvalue weighted by molar-refractivity contribution is 0.687. The van der Waals surface area contributed by atoms with Gasteiger partial charge in [-0.1, -0.05) is 66.7 Å². The molecule has 2 aromatic heterocycles. The third kappa shape index (κ3) is 4.13. The smallest absolute Gasteiger partial charge is 0.0465 e. The van der Waals surface area contributed by atoms with Gasteiger partial charge >= 0.3 is 0 Å². The summed E-state index contributed by atoms with van der Waals surface area (Å²) in [5.74, 6) is 0. The number of aryl methyl sites for hydroxylation is 2. The van der Waals surface area contributed by atoms with Crippen LogP contribution in [0.25, 0.3) is 75.4 Å². The maximum atomic E-state index is 3.63. The van der Waals surface area contributed by atoms with Crippen LogP contribution in [0.4, 0.5) is 0 Å². The average molecular weight is 610 g/mol. The molecule has 2 heteroatoms. The Kier molecular flexibility index (Phi) is 6.02. The number of thiophene rings is 1. The quantitative estimate of drug-likeness (QED) is 0.205. The molecule has 0 radical (unpaired) electrons. The zero-order valence-corrected chi connectivity index (χ0v) is 26.8. The van der Waals surface area contributed by atoms with Crippen molar-refractivity contribution in [1.29, 1.82) is 0 Å². The van der Waals surface area contributed by atoms with Crippen LogP contribution in [0.15, 0.2) is 109 Å². The maximum Gasteiger partial charge on any atom is 0.0465 e. The molecule has 0 saturated heterocycles. The summed E-state index contributed by atoms with van der Waals surface area (Å²) >= 11 is 1.95. The van der Waals surface area contributed by atoms with E-state index in [9.17, 15) is 0 Å². The van der Waals surface area contributed by atoms with Crippen molar-refractivity contribution in [3.8, 4) is 33.4 Å².